The van der Waals surface area contributed by atoms with Gasteiger partial charge in [0.2, 0.25) is 11.7 Å². The fourth-order valence-corrected chi connectivity index (χ4v) is 8.19. The van der Waals surface area contributed by atoms with Gasteiger partial charge in [-0.2, -0.15) is 0 Å². The Kier molecular flexibility index (Phi) is 8.78. The predicted molar refractivity (Wildman–Crippen MR) is 144 cm³/mol. The van der Waals surface area contributed by atoms with Crippen molar-refractivity contribution in [2.45, 2.75) is 96.1 Å². The van der Waals surface area contributed by atoms with E-state index in [2.05, 4.69) is 12.2 Å². The summed E-state index contributed by atoms with van der Waals surface area (Å²) in [5.74, 6) is -5.33. The molecule has 0 heterocycles. The molecule has 0 unspecified atom stereocenters. The van der Waals surface area contributed by atoms with Crippen molar-refractivity contribution in [2.75, 3.05) is 6.61 Å². The molecule has 4 N–H and O–H groups in total. The number of carboxylic acids is 2. The molecule has 1 amide bonds. The highest BCUT2D eigenvalue weighted by molar-refractivity contribution is 5.95. The standard InChI is InChI=1S/C30H39NO11/c1-28-11-9-17(32)13-16(28)3-4-18-19-10-12-30(41,29(19,2)14-21(33)26(18)28)22(34)15-42-25(38)8-6-23(35)31-20(27(39)40)5-7-24(36)37/h13,18-20,26,41H,3-12,14-15H2,1-2H3,(H,31,35)(H,36,37)(H,39,40)/t18-,19+,20+,26+,28+,29+,30+/m1/s1. The fourth-order valence-electron chi connectivity index (χ4n) is 8.19. The number of carboxylic acid groups (broad SMARTS) is 2. The average Bonchev–Trinajstić information content (AvgIpc) is 3.19. The van der Waals surface area contributed by atoms with Crippen molar-refractivity contribution in [2.24, 2.45) is 28.6 Å². The van der Waals surface area contributed by atoms with Crippen LogP contribution in [0.5, 0.6) is 0 Å². The number of hydrogen-bond donors (Lipinski definition) is 4. The highest BCUT2D eigenvalue weighted by Crippen LogP contribution is 2.66. The molecule has 0 aromatic rings. The van der Waals surface area contributed by atoms with Crippen LogP contribution in [0.3, 0.4) is 0 Å². The first-order chi connectivity index (χ1) is 19.6. The number of amides is 1. The van der Waals surface area contributed by atoms with Gasteiger partial charge in [-0.3, -0.25) is 28.8 Å². The third-order valence-electron chi connectivity index (χ3n) is 10.5. The van der Waals surface area contributed by atoms with Gasteiger partial charge in [0.25, 0.3) is 0 Å². The summed E-state index contributed by atoms with van der Waals surface area (Å²) in [7, 11) is 0. The Hall–Kier alpha value is -3.41. The summed E-state index contributed by atoms with van der Waals surface area (Å²) >= 11 is 0. The summed E-state index contributed by atoms with van der Waals surface area (Å²) in [6, 6.07) is -1.43. The van der Waals surface area contributed by atoms with Crippen molar-refractivity contribution < 1.29 is 53.6 Å². The normalized spacial score (nSPS) is 34.3. The second kappa shape index (κ2) is 11.7. The number of fused-ring (bicyclic) bond motifs is 5. The Labute approximate surface area is 243 Å². The zero-order valence-corrected chi connectivity index (χ0v) is 24.0. The van der Waals surface area contributed by atoms with Gasteiger partial charge in [0, 0.05) is 37.0 Å². The van der Waals surface area contributed by atoms with Crippen LogP contribution >= 0.6 is 0 Å². The number of aliphatic hydroxyl groups is 1. The van der Waals surface area contributed by atoms with Crippen LogP contribution < -0.4 is 5.32 Å². The molecule has 0 bridgehead atoms. The van der Waals surface area contributed by atoms with Gasteiger partial charge in [-0.05, 0) is 61.9 Å². The quantitative estimate of drug-likeness (QED) is 0.256. The Balaban J connectivity index is 1.35. The Morgan fingerprint density at radius 2 is 1.74 bits per heavy atom. The van der Waals surface area contributed by atoms with E-state index in [4.69, 9.17) is 14.9 Å². The van der Waals surface area contributed by atoms with E-state index in [0.29, 0.717) is 32.1 Å². The molecule has 42 heavy (non-hydrogen) atoms. The predicted octanol–water partition coefficient (Wildman–Crippen LogP) is 1.76. The minimum atomic E-state index is -1.87. The lowest BCUT2D eigenvalue weighted by Gasteiger charge is -2.57. The van der Waals surface area contributed by atoms with Gasteiger partial charge in [0.15, 0.2) is 12.4 Å². The largest absolute Gasteiger partial charge is 0.481 e. The molecule has 0 radical (unpaired) electrons. The third kappa shape index (κ3) is 5.65. The zero-order chi connectivity index (χ0) is 31.0. The van der Waals surface area contributed by atoms with Crippen LogP contribution in [-0.2, 0) is 38.3 Å². The van der Waals surface area contributed by atoms with Gasteiger partial charge in [-0.1, -0.05) is 19.4 Å². The van der Waals surface area contributed by atoms with Gasteiger partial charge in [0.05, 0.1) is 6.42 Å². The van der Waals surface area contributed by atoms with Gasteiger partial charge in [-0.25, -0.2) is 4.79 Å². The molecule has 0 aromatic carbocycles. The first-order valence-corrected chi connectivity index (χ1v) is 14.5. The summed E-state index contributed by atoms with van der Waals surface area (Å²) in [5, 5.41) is 31.7. The molecule has 0 aliphatic heterocycles. The molecular weight excluding hydrogens is 550 g/mol. The summed E-state index contributed by atoms with van der Waals surface area (Å²) in [4.78, 5) is 85.4. The van der Waals surface area contributed by atoms with Crippen LogP contribution in [0.1, 0.15) is 84.5 Å². The highest BCUT2D eigenvalue weighted by atomic mass is 16.5. The van der Waals surface area contributed by atoms with Gasteiger partial charge in [0.1, 0.15) is 17.4 Å². The molecule has 7 atom stereocenters. The lowest BCUT2D eigenvalue weighted by atomic mass is 9.46. The van der Waals surface area contributed by atoms with E-state index in [1.54, 1.807) is 13.0 Å². The van der Waals surface area contributed by atoms with E-state index in [1.807, 2.05) is 0 Å². The Morgan fingerprint density at radius 3 is 2.40 bits per heavy atom. The van der Waals surface area contributed by atoms with E-state index in [9.17, 15) is 38.7 Å². The number of Topliss-reactive ketones (excluding diaryl/α,β-unsaturated/α-hetero) is 2. The van der Waals surface area contributed by atoms with E-state index in [-0.39, 0.29) is 48.6 Å². The number of rotatable bonds is 11. The number of nitrogens with one attached hydrogen (secondary N) is 1. The third-order valence-corrected chi connectivity index (χ3v) is 10.5. The Morgan fingerprint density at radius 1 is 1.02 bits per heavy atom. The van der Waals surface area contributed by atoms with Crippen LogP contribution in [0.25, 0.3) is 0 Å². The highest BCUT2D eigenvalue weighted by Gasteiger charge is 2.68. The van der Waals surface area contributed by atoms with Gasteiger partial charge < -0.3 is 25.4 Å². The second-order valence-corrected chi connectivity index (χ2v) is 12.8. The summed E-state index contributed by atoms with van der Waals surface area (Å²) in [6.07, 6.45) is 3.13. The van der Waals surface area contributed by atoms with Crippen molar-refractivity contribution in [3.63, 3.8) is 0 Å². The molecule has 230 valence electrons. The maximum absolute atomic E-state index is 13.7. The molecule has 12 heteroatoms. The number of esters is 1. The molecule has 0 saturated heterocycles. The number of ether oxygens (including phenoxy) is 1. The van der Waals surface area contributed by atoms with E-state index in [1.165, 1.54) is 0 Å². The number of carbonyl (C=O) groups excluding carboxylic acids is 5. The first kappa shape index (κ1) is 31.5. The van der Waals surface area contributed by atoms with Crippen molar-refractivity contribution in [3.8, 4) is 0 Å². The molecular formula is C30H39NO11. The van der Waals surface area contributed by atoms with Crippen molar-refractivity contribution >= 4 is 41.2 Å². The monoisotopic (exact) mass is 589 g/mol. The average molecular weight is 590 g/mol. The molecule has 4 rings (SSSR count). The number of allylic oxidation sites excluding steroid dienone is 1. The van der Waals surface area contributed by atoms with Crippen LogP contribution in [-0.4, -0.2) is 74.7 Å². The first-order valence-electron chi connectivity index (χ1n) is 14.5. The lowest BCUT2D eigenvalue weighted by molar-refractivity contribution is -0.174. The van der Waals surface area contributed by atoms with Crippen LogP contribution in [0.2, 0.25) is 0 Å². The van der Waals surface area contributed by atoms with Gasteiger partial charge >= 0.3 is 17.9 Å². The smallest absolute Gasteiger partial charge is 0.326 e. The number of carbonyl (C=O) groups is 7. The molecule has 3 saturated carbocycles. The topological polar surface area (TPSA) is 201 Å². The molecule has 3 fully saturated rings. The van der Waals surface area contributed by atoms with Gasteiger partial charge in [-0.15, -0.1) is 0 Å². The number of aliphatic carboxylic acids is 2. The van der Waals surface area contributed by atoms with E-state index < -0.39 is 77.9 Å². The number of ketones is 3. The minimum Gasteiger partial charge on any atom is -0.481 e. The maximum atomic E-state index is 13.7. The van der Waals surface area contributed by atoms with Crippen molar-refractivity contribution in [3.05, 3.63) is 11.6 Å². The van der Waals surface area contributed by atoms with Crippen molar-refractivity contribution in [1.82, 2.24) is 5.32 Å². The molecule has 12 nitrogen and oxygen atoms in total. The molecule has 4 aliphatic carbocycles. The SMILES string of the molecule is C[C@]12CCC(=O)C=C1CC[C@H]1[C@H]2C(=O)C[C@@]2(C)[C@H]1CC[C@]2(O)C(=O)COC(=O)CCC(=O)N[C@@H](CCC(=O)O)C(=O)O. The van der Waals surface area contributed by atoms with Crippen LogP contribution in [0.15, 0.2) is 11.6 Å². The zero-order valence-electron chi connectivity index (χ0n) is 24.0. The summed E-state index contributed by atoms with van der Waals surface area (Å²) < 4.78 is 5.07. The molecule has 0 aromatic heterocycles. The second-order valence-electron chi connectivity index (χ2n) is 12.8. The van der Waals surface area contributed by atoms with Crippen LogP contribution in [0.4, 0.5) is 0 Å². The summed E-state index contributed by atoms with van der Waals surface area (Å²) in [5.41, 5.74) is -2.27. The van der Waals surface area contributed by atoms with E-state index >= 15 is 0 Å². The fraction of sp³-hybridized carbons (Fsp3) is 0.700. The lowest BCUT2D eigenvalue weighted by Crippen LogP contribution is -2.61. The Bertz CT molecular complexity index is 1240. The maximum Gasteiger partial charge on any atom is 0.326 e. The minimum absolute atomic E-state index is 0.0125. The molecule has 4 aliphatic rings. The molecule has 0 spiro atoms. The summed E-state index contributed by atoms with van der Waals surface area (Å²) in [6.45, 7) is 3.10. The number of hydrogen-bond acceptors (Lipinski definition) is 9. The van der Waals surface area contributed by atoms with E-state index in [0.717, 1.165) is 5.57 Å². The van der Waals surface area contributed by atoms with Crippen LogP contribution in [0, 0.1) is 28.6 Å². The van der Waals surface area contributed by atoms with Crippen molar-refractivity contribution in [1.29, 1.82) is 0 Å².